The zero-order valence-corrected chi connectivity index (χ0v) is 22.8. The largest absolute Gasteiger partial charge is 0.494 e. The van der Waals surface area contributed by atoms with E-state index in [9.17, 15) is 4.79 Å². The van der Waals surface area contributed by atoms with E-state index in [1.165, 1.54) is 7.11 Å². The fraction of sp³-hybridized carbons (Fsp3) is 0.259. The zero-order chi connectivity index (χ0) is 25.5. The molecule has 0 fully saturated rings. The van der Waals surface area contributed by atoms with Crippen LogP contribution in [0.3, 0.4) is 0 Å². The Hall–Kier alpha value is -2.72. The van der Waals surface area contributed by atoms with Gasteiger partial charge in [0.25, 0.3) is 5.91 Å². The lowest BCUT2D eigenvalue weighted by atomic mass is 9.82. The molecule has 0 aliphatic carbocycles. The molecule has 1 aliphatic rings. The van der Waals surface area contributed by atoms with Gasteiger partial charge in [0.1, 0.15) is 5.75 Å². The number of aliphatic hydroxyl groups excluding tert-OH is 1. The van der Waals surface area contributed by atoms with Gasteiger partial charge in [-0.05, 0) is 53.6 Å². The molecule has 2 N–H and O–H groups in total. The number of hydroxylamine groups is 1. The van der Waals surface area contributed by atoms with Crippen molar-refractivity contribution in [1.82, 2.24) is 5.48 Å². The van der Waals surface area contributed by atoms with E-state index < -0.39 is 17.6 Å². The molecule has 0 radical (unpaired) electrons. The van der Waals surface area contributed by atoms with Crippen molar-refractivity contribution in [2.24, 2.45) is 4.99 Å². The van der Waals surface area contributed by atoms with E-state index in [1.807, 2.05) is 72.8 Å². The van der Waals surface area contributed by atoms with Crippen molar-refractivity contribution in [2.45, 2.75) is 24.5 Å². The summed E-state index contributed by atoms with van der Waals surface area (Å²) < 4.78 is 13.9. The number of aliphatic imine (C=N–C) groups is 1. The van der Waals surface area contributed by atoms with Crippen LogP contribution in [0.5, 0.6) is 5.75 Å². The Bertz CT molecular complexity index is 1220. The lowest BCUT2D eigenvalue weighted by Crippen LogP contribution is -2.49. The Balaban J connectivity index is 1.77. The van der Waals surface area contributed by atoms with Crippen LogP contribution in [0.25, 0.3) is 0 Å². The predicted octanol–water partition coefficient (Wildman–Crippen LogP) is 5.15. The van der Waals surface area contributed by atoms with Gasteiger partial charge in [-0.15, -0.1) is 0 Å². The van der Waals surface area contributed by atoms with Crippen LogP contribution >= 0.6 is 31.9 Å². The molecule has 1 heterocycles. The highest BCUT2D eigenvalue weighted by Crippen LogP contribution is 2.43. The number of amides is 1. The Kier molecular flexibility index (Phi) is 8.79. The van der Waals surface area contributed by atoms with Gasteiger partial charge < -0.3 is 14.6 Å². The molecule has 9 heteroatoms. The summed E-state index contributed by atoms with van der Waals surface area (Å²) in [4.78, 5) is 23.6. The second-order valence-corrected chi connectivity index (χ2v) is 10.0. The third-order valence-electron chi connectivity index (χ3n) is 5.82. The van der Waals surface area contributed by atoms with Gasteiger partial charge in [0.05, 0.1) is 13.7 Å². The van der Waals surface area contributed by atoms with Crippen LogP contribution in [0.2, 0.25) is 0 Å². The Morgan fingerprint density at radius 2 is 1.81 bits per heavy atom. The summed E-state index contributed by atoms with van der Waals surface area (Å²) in [6, 6.07) is 22.7. The number of ether oxygens (including phenoxy) is 2. The molecular formula is C27H26Br2N2O5. The molecule has 0 aromatic heterocycles. The van der Waals surface area contributed by atoms with Gasteiger partial charge in [0.2, 0.25) is 5.90 Å². The molecule has 36 heavy (non-hydrogen) atoms. The van der Waals surface area contributed by atoms with Crippen molar-refractivity contribution in [3.05, 3.63) is 98.4 Å². The minimum absolute atomic E-state index is 0.0727. The normalized spacial score (nSPS) is 18.9. The van der Waals surface area contributed by atoms with Gasteiger partial charge in [-0.3, -0.25) is 9.63 Å². The number of aliphatic hydroxyl groups is 1. The van der Waals surface area contributed by atoms with E-state index in [0.29, 0.717) is 30.2 Å². The van der Waals surface area contributed by atoms with Crippen LogP contribution < -0.4 is 10.2 Å². The van der Waals surface area contributed by atoms with Crippen LogP contribution in [0.15, 0.2) is 86.7 Å². The van der Waals surface area contributed by atoms with Gasteiger partial charge in [-0.1, -0.05) is 62.2 Å². The van der Waals surface area contributed by atoms with Gasteiger partial charge in [0, 0.05) is 34.0 Å². The molecule has 188 valence electrons. The van der Waals surface area contributed by atoms with Crippen molar-refractivity contribution in [1.29, 1.82) is 0 Å². The average Bonchev–Trinajstić information content (AvgIpc) is 3.27. The van der Waals surface area contributed by atoms with Crippen molar-refractivity contribution in [2.75, 3.05) is 20.3 Å². The maximum Gasteiger partial charge on any atom is 0.276 e. The van der Waals surface area contributed by atoms with Gasteiger partial charge in [0.15, 0.2) is 11.6 Å². The Morgan fingerprint density at radius 3 is 2.47 bits per heavy atom. The molecule has 0 saturated heterocycles. The number of nitrogens with zero attached hydrogens (tertiary/aromatic N) is 1. The number of rotatable bonds is 10. The van der Waals surface area contributed by atoms with Crippen molar-refractivity contribution in [3.63, 3.8) is 0 Å². The van der Waals surface area contributed by atoms with Crippen molar-refractivity contribution in [3.8, 4) is 5.75 Å². The highest BCUT2D eigenvalue weighted by atomic mass is 79.9. The first-order chi connectivity index (χ1) is 17.5. The number of carbonyl (C=O) groups excluding carboxylic acids is 1. The summed E-state index contributed by atoms with van der Waals surface area (Å²) in [5.41, 5.74) is 3.59. The molecule has 0 saturated carbocycles. The molecule has 1 aliphatic heterocycles. The maximum absolute atomic E-state index is 13.6. The smallest absolute Gasteiger partial charge is 0.276 e. The summed E-state index contributed by atoms with van der Waals surface area (Å²) in [7, 11) is 1.40. The van der Waals surface area contributed by atoms with Gasteiger partial charge in [-0.25, -0.2) is 10.5 Å². The molecule has 3 aromatic carbocycles. The van der Waals surface area contributed by atoms with Crippen molar-refractivity contribution < 1.29 is 24.2 Å². The summed E-state index contributed by atoms with van der Waals surface area (Å²) >= 11 is 7.08. The molecule has 0 unspecified atom stereocenters. The number of carbonyl (C=O) groups is 1. The second-order valence-electron chi connectivity index (χ2n) is 8.24. The number of hydrogen-bond donors (Lipinski definition) is 2. The van der Waals surface area contributed by atoms with E-state index >= 15 is 0 Å². The minimum atomic E-state index is -1.33. The fourth-order valence-corrected chi connectivity index (χ4v) is 4.72. The molecule has 0 bridgehead atoms. The quantitative estimate of drug-likeness (QED) is 0.243. The third-order valence-corrected chi connectivity index (χ3v) is 7.12. The summed E-state index contributed by atoms with van der Waals surface area (Å²) in [6.45, 7) is 0.495. The highest BCUT2D eigenvalue weighted by Gasteiger charge is 2.53. The van der Waals surface area contributed by atoms with Crippen molar-refractivity contribution >= 4 is 43.7 Å². The summed E-state index contributed by atoms with van der Waals surface area (Å²) in [6.07, 6.45) is 0.123. The molecule has 2 atom stereocenters. The Morgan fingerprint density at radius 1 is 1.08 bits per heavy atom. The Labute approximate surface area is 226 Å². The second kappa shape index (κ2) is 12.0. The summed E-state index contributed by atoms with van der Waals surface area (Å²) in [5, 5.41) is 8.96. The SMILES string of the molecule is CONC(=O)[C@@]1(Cc2ccccc2Br)N=C(c2ccc(OCCCO)cc2)O[C@H]1c1ccc(Br)cc1. The predicted molar refractivity (Wildman–Crippen MR) is 144 cm³/mol. The first-order valence-electron chi connectivity index (χ1n) is 11.4. The van der Waals surface area contributed by atoms with Gasteiger partial charge in [-0.2, -0.15) is 0 Å². The van der Waals surface area contributed by atoms with Crippen LogP contribution in [0, 0.1) is 0 Å². The van der Waals surface area contributed by atoms with Crippen LogP contribution in [-0.4, -0.2) is 42.8 Å². The summed E-state index contributed by atoms with van der Waals surface area (Å²) in [5.74, 6) is 0.614. The van der Waals surface area contributed by atoms with E-state index in [0.717, 1.165) is 20.1 Å². The fourth-order valence-electron chi connectivity index (χ4n) is 4.03. The first-order valence-corrected chi connectivity index (χ1v) is 13.0. The van der Waals surface area contributed by atoms with Gasteiger partial charge >= 0.3 is 0 Å². The number of hydrogen-bond acceptors (Lipinski definition) is 6. The van der Waals surface area contributed by atoms with E-state index in [2.05, 4.69) is 37.3 Å². The first kappa shape index (κ1) is 26.3. The molecule has 3 aromatic rings. The average molecular weight is 618 g/mol. The highest BCUT2D eigenvalue weighted by molar-refractivity contribution is 9.10. The van der Waals surface area contributed by atoms with E-state index in [1.54, 1.807) is 0 Å². The zero-order valence-electron chi connectivity index (χ0n) is 19.6. The molecular weight excluding hydrogens is 592 g/mol. The molecule has 4 rings (SSSR count). The third kappa shape index (κ3) is 5.81. The number of nitrogens with one attached hydrogen (secondary N) is 1. The lowest BCUT2D eigenvalue weighted by Gasteiger charge is -2.30. The monoisotopic (exact) mass is 616 g/mol. The molecule has 7 nitrogen and oxygen atoms in total. The van der Waals surface area contributed by atoms with E-state index in [4.69, 9.17) is 24.4 Å². The van der Waals surface area contributed by atoms with Crippen LogP contribution in [0.4, 0.5) is 0 Å². The lowest BCUT2D eigenvalue weighted by molar-refractivity contribution is -0.139. The minimum Gasteiger partial charge on any atom is -0.494 e. The van der Waals surface area contributed by atoms with E-state index in [-0.39, 0.29) is 13.0 Å². The maximum atomic E-state index is 13.6. The topological polar surface area (TPSA) is 89.4 Å². The molecule has 1 amide bonds. The van der Waals surface area contributed by atoms with Crippen LogP contribution in [-0.2, 0) is 20.8 Å². The standard InChI is InChI=1S/C27H26Br2N2O5/c1-34-31-26(33)27(17-20-5-2-3-6-23(20)29)24(18-7-11-21(28)12-8-18)36-25(30-27)19-9-13-22(14-10-19)35-16-4-15-32/h2-3,5-14,24,32H,4,15-17H2,1H3,(H,31,33)/t24-,27-/m0/s1. The number of benzene rings is 3. The number of halogens is 2. The van der Waals surface area contributed by atoms with Crippen LogP contribution in [0.1, 0.15) is 29.2 Å². The molecule has 0 spiro atoms.